The van der Waals surface area contributed by atoms with Crippen LogP contribution in [0, 0.1) is 0 Å². The Morgan fingerprint density at radius 1 is 1.15 bits per heavy atom. The van der Waals surface area contributed by atoms with Crippen LogP contribution in [0.4, 0.5) is 0 Å². The fourth-order valence-electron chi connectivity index (χ4n) is 3.87. The smallest absolute Gasteiger partial charge is 0.262 e. The van der Waals surface area contributed by atoms with Crippen molar-refractivity contribution in [3.63, 3.8) is 0 Å². The highest BCUT2D eigenvalue weighted by atomic mass is 32.1. The Balaban J connectivity index is 1.27. The van der Waals surface area contributed by atoms with Crippen molar-refractivity contribution in [1.82, 2.24) is 14.9 Å². The van der Waals surface area contributed by atoms with Gasteiger partial charge in [0.05, 0.1) is 11.7 Å². The van der Waals surface area contributed by atoms with E-state index in [-0.39, 0.29) is 17.5 Å². The van der Waals surface area contributed by atoms with E-state index in [1.54, 1.807) is 12.4 Å². The van der Waals surface area contributed by atoms with Crippen LogP contribution in [0.2, 0.25) is 0 Å². The molecule has 6 heteroatoms. The molecule has 0 spiro atoms. The molecule has 5 nitrogen and oxygen atoms in total. The van der Waals surface area contributed by atoms with Crippen LogP contribution in [0.25, 0.3) is 10.2 Å². The van der Waals surface area contributed by atoms with Crippen LogP contribution >= 0.6 is 11.3 Å². The molecule has 27 heavy (non-hydrogen) atoms. The molecular weight excluding hydrogens is 358 g/mol. The lowest BCUT2D eigenvalue weighted by Crippen LogP contribution is -2.38. The highest BCUT2D eigenvalue weighted by molar-refractivity contribution is 7.16. The monoisotopic (exact) mass is 381 g/mol. The van der Waals surface area contributed by atoms with Crippen molar-refractivity contribution in [3.05, 3.63) is 64.0 Å². The number of benzene rings is 1. The van der Waals surface area contributed by atoms with Gasteiger partial charge >= 0.3 is 0 Å². The highest BCUT2D eigenvalue weighted by Crippen LogP contribution is 2.32. The van der Waals surface area contributed by atoms with E-state index in [2.05, 4.69) is 34.6 Å². The number of rotatable bonds is 5. The zero-order chi connectivity index (χ0) is 18.6. The summed E-state index contributed by atoms with van der Waals surface area (Å²) in [7, 11) is 0. The van der Waals surface area contributed by atoms with Crippen LogP contribution in [0.5, 0.6) is 0 Å². The molecule has 0 unspecified atom stereocenters. The Bertz CT molecular complexity index is 972. The third-order valence-corrected chi connectivity index (χ3v) is 6.21. The second-order valence-electron chi connectivity index (χ2n) is 7.16. The van der Waals surface area contributed by atoms with E-state index in [1.165, 1.54) is 21.5 Å². The van der Waals surface area contributed by atoms with Gasteiger partial charge < -0.3 is 5.32 Å². The number of fused-ring (bicyclic) bond motifs is 1. The first-order chi connectivity index (χ1) is 13.2. The number of aromatic nitrogens is 2. The number of carbonyl (C=O) groups excluding carboxylic acids is 1. The van der Waals surface area contributed by atoms with Gasteiger partial charge in [-0.15, -0.1) is 11.3 Å². The first kappa shape index (κ1) is 17.9. The largest absolute Gasteiger partial charge is 0.353 e. The molecule has 1 aliphatic carbocycles. The molecule has 1 saturated carbocycles. The highest BCUT2D eigenvalue weighted by Gasteiger charge is 2.23. The topological polar surface area (TPSA) is 64.0 Å². The summed E-state index contributed by atoms with van der Waals surface area (Å²) in [6.07, 6.45) is 6.07. The summed E-state index contributed by atoms with van der Waals surface area (Å²) in [6.45, 7) is 0.364. The number of hydrogen-bond donors (Lipinski definition) is 1. The molecule has 1 aliphatic rings. The zero-order valence-electron chi connectivity index (χ0n) is 15.1. The molecule has 1 N–H and O–H groups in total. The van der Waals surface area contributed by atoms with E-state index in [9.17, 15) is 9.59 Å². The minimum atomic E-state index is -0.0718. The van der Waals surface area contributed by atoms with Gasteiger partial charge in [-0.2, -0.15) is 0 Å². The maximum absolute atomic E-state index is 12.4. The van der Waals surface area contributed by atoms with Crippen LogP contribution in [-0.2, 0) is 11.3 Å². The molecule has 140 valence electrons. The van der Waals surface area contributed by atoms with Crippen LogP contribution in [-0.4, -0.2) is 21.5 Å². The standard InChI is InChI=1S/C21H23N3O2S/c25-19(10-12-24-14-22-20-18(21(24)26)11-13-27-20)23-17-8-6-16(7-9-17)15-4-2-1-3-5-15/h1-5,11,13-14,16-17H,6-10,12H2,(H,23,25). The SMILES string of the molecule is O=C(CCn1cnc2sccc2c1=O)NC1CCC(c2ccccc2)CC1. The first-order valence-electron chi connectivity index (χ1n) is 9.47. The summed E-state index contributed by atoms with van der Waals surface area (Å²) in [5.74, 6) is 0.608. The number of thiophene rings is 1. The van der Waals surface area contributed by atoms with Gasteiger partial charge in [-0.25, -0.2) is 4.98 Å². The molecule has 3 aromatic rings. The lowest BCUT2D eigenvalue weighted by Gasteiger charge is -2.29. The molecule has 0 bridgehead atoms. The number of hydrogen-bond acceptors (Lipinski definition) is 4. The van der Waals surface area contributed by atoms with Crippen molar-refractivity contribution in [2.24, 2.45) is 0 Å². The molecule has 0 atom stereocenters. The Labute approximate surface area is 162 Å². The molecule has 2 heterocycles. The fraction of sp³-hybridized carbons (Fsp3) is 0.381. The van der Waals surface area contributed by atoms with Gasteiger partial charge in [0.1, 0.15) is 4.83 Å². The Morgan fingerprint density at radius 2 is 1.93 bits per heavy atom. The molecule has 1 amide bonds. The van der Waals surface area contributed by atoms with E-state index in [0.29, 0.717) is 24.3 Å². The average Bonchev–Trinajstić information content (AvgIpc) is 3.18. The van der Waals surface area contributed by atoms with Crippen LogP contribution in [0.15, 0.2) is 52.9 Å². The van der Waals surface area contributed by atoms with Gasteiger partial charge in [0.15, 0.2) is 0 Å². The summed E-state index contributed by atoms with van der Waals surface area (Å²) in [5.41, 5.74) is 1.33. The van der Waals surface area contributed by atoms with E-state index in [0.717, 1.165) is 30.5 Å². The number of nitrogens with zero attached hydrogens (tertiary/aromatic N) is 2. The van der Waals surface area contributed by atoms with Gasteiger partial charge in [-0.3, -0.25) is 14.2 Å². The summed E-state index contributed by atoms with van der Waals surface area (Å²) in [4.78, 5) is 29.7. The lowest BCUT2D eigenvalue weighted by molar-refractivity contribution is -0.122. The quantitative estimate of drug-likeness (QED) is 0.733. The Kier molecular flexibility index (Phi) is 5.34. The fourth-order valence-corrected chi connectivity index (χ4v) is 4.59. The predicted molar refractivity (Wildman–Crippen MR) is 108 cm³/mol. The van der Waals surface area contributed by atoms with E-state index in [4.69, 9.17) is 0 Å². The van der Waals surface area contributed by atoms with Crippen LogP contribution in [0.3, 0.4) is 0 Å². The zero-order valence-corrected chi connectivity index (χ0v) is 16.0. The molecule has 0 aliphatic heterocycles. The van der Waals surface area contributed by atoms with Gasteiger partial charge in [0, 0.05) is 19.0 Å². The van der Waals surface area contributed by atoms with Gasteiger partial charge in [-0.05, 0) is 48.6 Å². The number of amides is 1. The Hall–Kier alpha value is -2.47. The molecular formula is C21H23N3O2S. The third kappa shape index (κ3) is 4.11. The van der Waals surface area contributed by atoms with E-state index < -0.39 is 0 Å². The number of nitrogens with one attached hydrogen (secondary N) is 1. The normalized spacial score (nSPS) is 19.9. The molecule has 0 radical (unpaired) electrons. The molecule has 1 fully saturated rings. The number of carbonyl (C=O) groups is 1. The van der Waals surface area contributed by atoms with Crippen molar-refractivity contribution in [3.8, 4) is 0 Å². The molecule has 4 rings (SSSR count). The minimum absolute atomic E-state index is 0.00970. The van der Waals surface area contributed by atoms with Crippen LogP contribution < -0.4 is 10.9 Å². The summed E-state index contributed by atoms with van der Waals surface area (Å²) < 4.78 is 1.53. The van der Waals surface area contributed by atoms with E-state index >= 15 is 0 Å². The second kappa shape index (κ2) is 8.05. The number of aryl methyl sites for hydroxylation is 1. The molecule has 2 aromatic heterocycles. The Morgan fingerprint density at radius 3 is 2.70 bits per heavy atom. The average molecular weight is 382 g/mol. The van der Waals surface area contributed by atoms with Gasteiger partial charge in [0.2, 0.25) is 5.91 Å². The maximum atomic E-state index is 12.4. The minimum Gasteiger partial charge on any atom is -0.353 e. The van der Waals surface area contributed by atoms with E-state index in [1.807, 2.05) is 11.4 Å². The first-order valence-corrected chi connectivity index (χ1v) is 10.4. The van der Waals surface area contributed by atoms with Crippen molar-refractivity contribution in [2.75, 3.05) is 0 Å². The molecule has 1 aromatic carbocycles. The van der Waals surface area contributed by atoms with Gasteiger partial charge in [-0.1, -0.05) is 30.3 Å². The van der Waals surface area contributed by atoms with Gasteiger partial charge in [0.25, 0.3) is 5.56 Å². The molecule has 0 saturated heterocycles. The van der Waals surface area contributed by atoms with Crippen molar-refractivity contribution >= 4 is 27.5 Å². The second-order valence-corrected chi connectivity index (χ2v) is 8.05. The summed E-state index contributed by atoms with van der Waals surface area (Å²) in [5, 5.41) is 5.63. The summed E-state index contributed by atoms with van der Waals surface area (Å²) in [6, 6.07) is 12.6. The third-order valence-electron chi connectivity index (χ3n) is 5.39. The van der Waals surface area contributed by atoms with Crippen molar-refractivity contribution in [1.29, 1.82) is 0 Å². The van der Waals surface area contributed by atoms with Crippen LogP contribution in [0.1, 0.15) is 43.6 Å². The lowest BCUT2D eigenvalue weighted by atomic mass is 9.82. The van der Waals surface area contributed by atoms with Crippen molar-refractivity contribution in [2.45, 2.75) is 50.6 Å². The predicted octanol–water partition coefficient (Wildman–Crippen LogP) is 3.69. The maximum Gasteiger partial charge on any atom is 0.262 e. The van der Waals surface area contributed by atoms with Crippen molar-refractivity contribution < 1.29 is 4.79 Å². The summed E-state index contributed by atoms with van der Waals surface area (Å²) >= 11 is 1.45.